The van der Waals surface area contributed by atoms with E-state index in [2.05, 4.69) is 53.4 Å². The fraction of sp³-hybridized carbons (Fsp3) is 0.943. The number of nitrogens with zero attached hydrogens (tertiary/aromatic N) is 1. The third kappa shape index (κ3) is 38.2. The van der Waals surface area contributed by atoms with Gasteiger partial charge in [-0.05, 0) is 76.7 Å². The number of carbonyl (C=O) groups excluding carboxylic acids is 3. The Kier molecular flexibility index (Phi) is 43.1. The van der Waals surface area contributed by atoms with Crippen LogP contribution >= 0.6 is 0 Å². The van der Waals surface area contributed by atoms with Crippen LogP contribution in [0.5, 0.6) is 0 Å². The molecule has 7 heteroatoms. The molecule has 0 aromatic heterocycles. The molecule has 1 aliphatic rings. The van der Waals surface area contributed by atoms with Gasteiger partial charge in [0.2, 0.25) is 0 Å². The number of esters is 2. The van der Waals surface area contributed by atoms with Crippen LogP contribution in [-0.2, 0) is 28.6 Å². The molecule has 1 heterocycles. The standard InChI is InChI=1S/C49H93NO6.C4H10/c1-5-9-13-16-19-20-21-22-23-27-34-44(51)35-28-26-32-39-50-43-46(54-40-12-8-4)42-47(50)49(53)55-41-33-31-38-48(52)56-45(36-29-24-17-14-10-6-2)37-30-25-18-15-11-7-3;1-4(2)3/h45-47H,5-43H2,1-4H3;4H,1-3H3. The summed E-state index contributed by atoms with van der Waals surface area (Å²) in [5.41, 5.74) is 0. The SMILES string of the molecule is CC(C)C.CCCCCCCCCCCCC(=O)CCCCCN1CC(OCCCC)CC1C(=O)OCCCCC(=O)OC(CCCCCCCC)CCCCCCCC. The molecule has 7 nitrogen and oxygen atoms in total. The van der Waals surface area contributed by atoms with E-state index >= 15 is 0 Å². The number of hydrogen-bond acceptors (Lipinski definition) is 7. The van der Waals surface area contributed by atoms with Crippen LogP contribution in [0.15, 0.2) is 0 Å². The molecule has 1 rings (SSSR count). The summed E-state index contributed by atoms with van der Waals surface area (Å²) < 4.78 is 18.0. The van der Waals surface area contributed by atoms with E-state index in [-0.39, 0.29) is 30.2 Å². The van der Waals surface area contributed by atoms with Gasteiger partial charge in [-0.1, -0.05) is 183 Å². The predicted octanol–water partition coefficient (Wildman–Crippen LogP) is 15.5. The van der Waals surface area contributed by atoms with E-state index < -0.39 is 0 Å². The summed E-state index contributed by atoms with van der Waals surface area (Å²) in [6.07, 6.45) is 38.8. The lowest BCUT2D eigenvalue weighted by atomic mass is 10.0. The number of ketones is 1. The van der Waals surface area contributed by atoms with E-state index in [1.54, 1.807) is 0 Å². The van der Waals surface area contributed by atoms with Crippen LogP contribution in [0.3, 0.4) is 0 Å². The molecule has 0 aliphatic carbocycles. The Bertz CT molecular complexity index is 937. The molecular formula is C53H103NO6. The van der Waals surface area contributed by atoms with Gasteiger partial charge in [-0.2, -0.15) is 0 Å². The molecular weight excluding hydrogens is 747 g/mol. The number of ether oxygens (including phenoxy) is 3. The maximum atomic E-state index is 13.3. The van der Waals surface area contributed by atoms with Gasteiger partial charge in [0.05, 0.1) is 12.7 Å². The zero-order valence-electron chi connectivity index (χ0n) is 41.3. The van der Waals surface area contributed by atoms with Crippen molar-refractivity contribution < 1.29 is 28.6 Å². The normalized spacial score (nSPS) is 15.4. The second-order valence-electron chi connectivity index (χ2n) is 19.0. The Hall–Kier alpha value is -1.47. The fourth-order valence-corrected chi connectivity index (χ4v) is 8.07. The molecule has 0 N–H and O–H groups in total. The van der Waals surface area contributed by atoms with E-state index in [1.807, 2.05) is 0 Å². The molecule has 0 spiro atoms. The quantitative estimate of drug-likeness (QED) is 0.0447. The van der Waals surface area contributed by atoms with Gasteiger partial charge in [0.25, 0.3) is 0 Å². The summed E-state index contributed by atoms with van der Waals surface area (Å²) >= 11 is 0. The second-order valence-corrected chi connectivity index (χ2v) is 19.0. The molecule has 1 fully saturated rings. The Balaban J connectivity index is 0.00000829. The largest absolute Gasteiger partial charge is 0.465 e. The van der Waals surface area contributed by atoms with Crippen molar-refractivity contribution in [1.82, 2.24) is 4.90 Å². The molecule has 0 radical (unpaired) electrons. The van der Waals surface area contributed by atoms with Gasteiger partial charge in [-0.25, -0.2) is 0 Å². The Morgan fingerprint density at radius 2 is 0.950 bits per heavy atom. The molecule has 1 aliphatic heterocycles. The van der Waals surface area contributed by atoms with Crippen molar-refractivity contribution in [2.45, 2.75) is 291 Å². The molecule has 0 bridgehead atoms. The molecule has 356 valence electrons. The predicted molar refractivity (Wildman–Crippen MR) is 256 cm³/mol. The molecule has 2 unspecified atom stereocenters. The van der Waals surface area contributed by atoms with Crippen molar-refractivity contribution in [2.75, 3.05) is 26.3 Å². The Labute approximate surface area is 373 Å². The van der Waals surface area contributed by atoms with Crippen molar-refractivity contribution in [3.05, 3.63) is 0 Å². The van der Waals surface area contributed by atoms with Crippen LogP contribution < -0.4 is 0 Å². The van der Waals surface area contributed by atoms with Gasteiger partial charge in [-0.15, -0.1) is 0 Å². The first kappa shape index (κ1) is 58.5. The fourth-order valence-electron chi connectivity index (χ4n) is 8.07. The topological polar surface area (TPSA) is 82.1 Å². The summed E-state index contributed by atoms with van der Waals surface area (Å²) in [5, 5.41) is 0. The van der Waals surface area contributed by atoms with E-state index in [0.717, 1.165) is 96.2 Å². The minimum absolute atomic E-state index is 0.0355. The monoisotopic (exact) mass is 850 g/mol. The minimum atomic E-state index is -0.283. The second kappa shape index (κ2) is 44.1. The smallest absolute Gasteiger partial charge is 0.323 e. The summed E-state index contributed by atoms with van der Waals surface area (Å²) in [6.45, 7) is 18.1. The highest BCUT2D eigenvalue weighted by Gasteiger charge is 2.38. The van der Waals surface area contributed by atoms with Gasteiger partial charge in [0.15, 0.2) is 0 Å². The van der Waals surface area contributed by atoms with E-state index in [0.29, 0.717) is 44.5 Å². The lowest BCUT2D eigenvalue weighted by Crippen LogP contribution is -2.38. The Morgan fingerprint density at radius 1 is 0.517 bits per heavy atom. The summed E-state index contributed by atoms with van der Waals surface area (Å²) in [6, 6.07) is -0.283. The summed E-state index contributed by atoms with van der Waals surface area (Å²) in [4.78, 5) is 40.9. The van der Waals surface area contributed by atoms with Crippen LogP contribution in [-0.4, -0.2) is 67.2 Å². The third-order valence-corrected chi connectivity index (χ3v) is 11.8. The van der Waals surface area contributed by atoms with Crippen LogP contribution in [0, 0.1) is 5.92 Å². The number of carbonyl (C=O) groups is 3. The highest BCUT2D eigenvalue weighted by atomic mass is 16.5. The first-order chi connectivity index (χ1) is 29.2. The first-order valence-corrected chi connectivity index (χ1v) is 26.4. The zero-order chi connectivity index (χ0) is 44.3. The van der Waals surface area contributed by atoms with Gasteiger partial charge in [0, 0.05) is 38.8 Å². The molecule has 0 aromatic rings. The van der Waals surface area contributed by atoms with Gasteiger partial charge < -0.3 is 14.2 Å². The van der Waals surface area contributed by atoms with Gasteiger partial charge in [-0.3, -0.25) is 19.3 Å². The van der Waals surface area contributed by atoms with Crippen molar-refractivity contribution in [3.63, 3.8) is 0 Å². The summed E-state index contributed by atoms with van der Waals surface area (Å²) in [7, 11) is 0. The average molecular weight is 850 g/mol. The van der Waals surface area contributed by atoms with Crippen molar-refractivity contribution in [2.24, 2.45) is 5.92 Å². The van der Waals surface area contributed by atoms with Gasteiger partial charge in [0.1, 0.15) is 17.9 Å². The average Bonchev–Trinajstić information content (AvgIpc) is 3.63. The van der Waals surface area contributed by atoms with E-state index in [1.165, 1.54) is 122 Å². The van der Waals surface area contributed by atoms with Crippen LogP contribution in [0.1, 0.15) is 273 Å². The van der Waals surface area contributed by atoms with E-state index in [4.69, 9.17) is 14.2 Å². The number of hydrogen-bond donors (Lipinski definition) is 0. The molecule has 2 atom stereocenters. The molecule has 60 heavy (non-hydrogen) atoms. The van der Waals surface area contributed by atoms with Gasteiger partial charge >= 0.3 is 11.9 Å². The number of rotatable bonds is 42. The third-order valence-electron chi connectivity index (χ3n) is 11.8. The van der Waals surface area contributed by atoms with Crippen molar-refractivity contribution in [1.29, 1.82) is 0 Å². The maximum Gasteiger partial charge on any atom is 0.323 e. The summed E-state index contributed by atoms with van der Waals surface area (Å²) in [5.74, 6) is 0.970. The van der Waals surface area contributed by atoms with Crippen LogP contribution in [0.25, 0.3) is 0 Å². The zero-order valence-corrected chi connectivity index (χ0v) is 41.3. The maximum absolute atomic E-state index is 13.3. The van der Waals surface area contributed by atoms with E-state index in [9.17, 15) is 14.4 Å². The van der Waals surface area contributed by atoms with Crippen LogP contribution in [0.2, 0.25) is 0 Å². The molecule has 0 aromatic carbocycles. The van der Waals surface area contributed by atoms with Crippen molar-refractivity contribution in [3.8, 4) is 0 Å². The minimum Gasteiger partial charge on any atom is -0.465 e. The first-order valence-electron chi connectivity index (χ1n) is 26.4. The number of unbranched alkanes of at least 4 members (excludes halogenated alkanes) is 23. The molecule has 0 saturated carbocycles. The highest BCUT2D eigenvalue weighted by Crippen LogP contribution is 2.24. The van der Waals surface area contributed by atoms with Crippen molar-refractivity contribution >= 4 is 17.7 Å². The molecule has 0 amide bonds. The number of Topliss-reactive ketones (excluding diaryl/α,β-unsaturated/α-hetero) is 1. The van der Waals surface area contributed by atoms with Crippen LogP contribution in [0.4, 0.5) is 0 Å². The lowest BCUT2D eigenvalue weighted by Gasteiger charge is -2.22. The number of likely N-dealkylation sites (tertiary alicyclic amines) is 1. The Morgan fingerprint density at radius 3 is 1.45 bits per heavy atom. The highest BCUT2D eigenvalue weighted by molar-refractivity contribution is 5.78. The molecule has 1 saturated heterocycles. The lowest BCUT2D eigenvalue weighted by molar-refractivity contribution is -0.150.